The molecule has 1 aromatic carbocycles. The maximum atomic E-state index is 12.5. The smallest absolute Gasteiger partial charge is 0.271 e. The summed E-state index contributed by atoms with van der Waals surface area (Å²) in [6.07, 6.45) is -0.289. The second kappa shape index (κ2) is 7.73. The van der Waals surface area contributed by atoms with Gasteiger partial charge < -0.3 is 14.8 Å². The lowest BCUT2D eigenvalue weighted by molar-refractivity contribution is -0.384. The highest BCUT2D eigenvalue weighted by Crippen LogP contribution is 2.37. The number of nitrogens with zero attached hydrogens (tertiary/aromatic N) is 2. The van der Waals surface area contributed by atoms with Crippen molar-refractivity contribution in [2.45, 2.75) is 19.4 Å². The summed E-state index contributed by atoms with van der Waals surface area (Å²) in [5, 5.41) is 13.6. The van der Waals surface area contributed by atoms with Crippen LogP contribution in [0.5, 0.6) is 5.75 Å². The zero-order valence-electron chi connectivity index (χ0n) is 13.5. The number of hydrogen-bond donors (Lipinski definition) is 1. The Labute approximate surface area is 138 Å². The monoisotopic (exact) mass is 337 g/mol. The molecular formula is C15H19N3O6. The van der Waals surface area contributed by atoms with Gasteiger partial charge in [0.1, 0.15) is 12.3 Å². The number of carbonyl (C=O) groups is 2. The van der Waals surface area contributed by atoms with Gasteiger partial charge in [-0.05, 0) is 12.5 Å². The molecule has 2 rings (SSSR count). The summed E-state index contributed by atoms with van der Waals surface area (Å²) in [5.41, 5.74) is 0.0469. The first-order valence-electron chi connectivity index (χ1n) is 7.50. The highest BCUT2D eigenvalue weighted by Gasteiger charge is 2.35. The van der Waals surface area contributed by atoms with Crippen molar-refractivity contribution in [3.8, 4) is 5.75 Å². The van der Waals surface area contributed by atoms with E-state index in [-0.39, 0.29) is 23.8 Å². The Kier molecular flexibility index (Phi) is 5.69. The van der Waals surface area contributed by atoms with Crippen LogP contribution in [0, 0.1) is 10.1 Å². The molecule has 1 aliphatic heterocycles. The van der Waals surface area contributed by atoms with E-state index in [9.17, 15) is 19.7 Å². The maximum absolute atomic E-state index is 12.5. The summed E-state index contributed by atoms with van der Waals surface area (Å²) in [5.74, 6) is -0.432. The average Bonchev–Trinajstić information content (AvgIpc) is 2.56. The van der Waals surface area contributed by atoms with E-state index in [1.165, 1.54) is 30.2 Å². The van der Waals surface area contributed by atoms with Gasteiger partial charge in [-0.1, -0.05) is 6.92 Å². The molecule has 0 aromatic heterocycles. The van der Waals surface area contributed by atoms with Crippen LogP contribution >= 0.6 is 0 Å². The Morgan fingerprint density at radius 1 is 1.50 bits per heavy atom. The molecule has 0 fully saturated rings. The third kappa shape index (κ3) is 3.80. The fourth-order valence-corrected chi connectivity index (χ4v) is 2.34. The van der Waals surface area contributed by atoms with Crippen molar-refractivity contribution < 1.29 is 24.0 Å². The summed E-state index contributed by atoms with van der Waals surface area (Å²) >= 11 is 0. The Morgan fingerprint density at radius 3 is 2.88 bits per heavy atom. The van der Waals surface area contributed by atoms with E-state index in [0.29, 0.717) is 25.3 Å². The lowest BCUT2D eigenvalue weighted by Crippen LogP contribution is -2.49. The third-order valence-corrected chi connectivity index (χ3v) is 3.56. The Hall–Kier alpha value is -2.68. The molecule has 1 unspecified atom stereocenters. The summed E-state index contributed by atoms with van der Waals surface area (Å²) in [4.78, 5) is 36.1. The number of nitrogens with one attached hydrogen (secondary N) is 1. The number of methoxy groups -OCH3 is 1. The molecule has 9 nitrogen and oxygen atoms in total. The molecule has 2 amide bonds. The first-order valence-corrected chi connectivity index (χ1v) is 7.50. The van der Waals surface area contributed by atoms with Gasteiger partial charge in [-0.3, -0.25) is 24.6 Å². The van der Waals surface area contributed by atoms with E-state index in [1.54, 1.807) is 6.92 Å². The van der Waals surface area contributed by atoms with Crippen LogP contribution in [0.3, 0.4) is 0 Å². The lowest BCUT2D eigenvalue weighted by Gasteiger charge is -2.33. The molecule has 1 N–H and O–H groups in total. The molecule has 0 saturated heterocycles. The molecule has 0 saturated carbocycles. The molecule has 9 heteroatoms. The van der Waals surface area contributed by atoms with Gasteiger partial charge >= 0.3 is 0 Å². The molecule has 0 radical (unpaired) electrons. The molecular weight excluding hydrogens is 318 g/mol. The van der Waals surface area contributed by atoms with Crippen LogP contribution in [0.25, 0.3) is 0 Å². The first kappa shape index (κ1) is 17.7. The minimum atomic E-state index is -0.717. The van der Waals surface area contributed by atoms with E-state index < -0.39 is 16.9 Å². The van der Waals surface area contributed by atoms with E-state index in [1.807, 2.05) is 0 Å². The van der Waals surface area contributed by atoms with Gasteiger partial charge in [-0.15, -0.1) is 0 Å². The van der Waals surface area contributed by atoms with Crippen LogP contribution in [0.1, 0.15) is 13.3 Å². The molecule has 130 valence electrons. The van der Waals surface area contributed by atoms with Gasteiger partial charge in [0.25, 0.3) is 11.6 Å². The molecule has 0 spiro atoms. The van der Waals surface area contributed by atoms with Gasteiger partial charge in [-0.2, -0.15) is 0 Å². The van der Waals surface area contributed by atoms with Crippen LogP contribution in [0.15, 0.2) is 18.2 Å². The standard InChI is InChI=1S/C15H19N3O6/c1-3-12-15(20)17(9-14(19)16-6-7-23-2)11-8-10(18(21)22)4-5-13(11)24-12/h4-5,8,12H,3,6-7,9H2,1-2H3,(H,16,19). The molecule has 24 heavy (non-hydrogen) atoms. The highest BCUT2D eigenvalue weighted by atomic mass is 16.6. The minimum Gasteiger partial charge on any atom is -0.478 e. The number of benzene rings is 1. The molecule has 1 aromatic rings. The Bertz CT molecular complexity index is 648. The van der Waals surface area contributed by atoms with Crippen molar-refractivity contribution >= 4 is 23.2 Å². The number of anilines is 1. The topological polar surface area (TPSA) is 111 Å². The molecule has 0 aliphatic carbocycles. The number of fused-ring (bicyclic) bond motifs is 1. The summed E-state index contributed by atoms with van der Waals surface area (Å²) in [6, 6.07) is 3.98. The van der Waals surface area contributed by atoms with Crippen LogP contribution in [0.2, 0.25) is 0 Å². The fraction of sp³-hybridized carbons (Fsp3) is 0.467. The minimum absolute atomic E-state index is 0.176. The largest absolute Gasteiger partial charge is 0.478 e. The Balaban J connectivity index is 2.27. The van der Waals surface area contributed by atoms with Gasteiger partial charge in [0.2, 0.25) is 5.91 Å². The van der Waals surface area contributed by atoms with Crippen LogP contribution in [0.4, 0.5) is 11.4 Å². The number of carbonyl (C=O) groups excluding carboxylic acids is 2. The van der Waals surface area contributed by atoms with Crippen molar-refractivity contribution in [3.05, 3.63) is 28.3 Å². The summed E-state index contributed by atoms with van der Waals surface area (Å²) in [6.45, 7) is 2.21. The van der Waals surface area contributed by atoms with E-state index in [4.69, 9.17) is 9.47 Å². The number of nitro benzene ring substituents is 1. The van der Waals surface area contributed by atoms with Crippen molar-refractivity contribution in [1.82, 2.24) is 5.32 Å². The number of rotatable bonds is 7. The van der Waals surface area contributed by atoms with Gasteiger partial charge in [0.15, 0.2) is 6.10 Å². The quantitative estimate of drug-likeness (QED) is 0.449. The molecule has 0 bridgehead atoms. The second-order valence-electron chi connectivity index (χ2n) is 5.19. The lowest BCUT2D eigenvalue weighted by atomic mass is 10.1. The predicted octanol–water partition coefficient (Wildman–Crippen LogP) is 0.861. The van der Waals surface area contributed by atoms with Gasteiger partial charge in [-0.25, -0.2) is 0 Å². The zero-order valence-corrected chi connectivity index (χ0v) is 13.5. The Morgan fingerprint density at radius 2 is 2.25 bits per heavy atom. The van der Waals surface area contributed by atoms with E-state index in [0.717, 1.165) is 0 Å². The molecule has 1 atom stereocenters. The molecule has 1 heterocycles. The maximum Gasteiger partial charge on any atom is 0.271 e. The van der Waals surface area contributed by atoms with Crippen molar-refractivity contribution in [3.63, 3.8) is 0 Å². The fourth-order valence-electron chi connectivity index (χ4n) is 2.34. The average molecular weight is 337 g/mol. The molecule has 1 aliphatic rings. The van der Waals surface area contributed by atoms with Crippen LogP contribution in [-0.2, 0) is 14.3 Å². The normalized spacial score (nSPS) is 16.3. The SMILES string of the molecule is CCC1Oc2ccc([N+](=O)[O-])cc2N(CC(=O)NCCOC)C1=O. The number of amides is 2. The zero-order chi connectivity index (χ0) is 17.7. The summed E-state index contributed by atoms with van der Waals surface area (Å²) < 4.78 is 10.4. The summed E-state index contributed by atoms with van der Waals surface area (Å²) in [7, 11) is 1.51. The second-order valence-corrected chi connectivity index (χ2v) is 5.19. The highest BCUT2D eigenvalue weighted by molar-refractivity contribution is 6.04. The predicted molar refractivity (Wildman–Crippen MR) is 85.0 cm³/mol. The number of non-ortho nitro benzene ring substituents is 1. The van der Waals surface area contributed by atoms with Crippen molar-refractivity contribution in [2.24, 2.45) is 0 Å². The van der Waals surface area contributed by atoms with Gasteiger partial charge in [0.05, 0.1) is 17.2 Å². The number of hydrogen-bond acceptors (Lipinski definition) is 6. The number of nitro groups is 1. The van der Waals surface area contributed by atoms with Crippen molar-refractivity contribution in [2.75, 3.05) is 31.7 Å². The van der Waals surface area contributed by atoms with E-state index in [2.05, 4.69) is 5.32 Å². The van der Waals surface area contributed by atoms with Crippen molar-refractivity contribution in [1.29, 1.82) is 0 Å². The van der Waals surface area contributed by atoms with Crippen LogP contribution < -0.4 is 15.0 Å². The third-order valence-electron chi connectivity index (χ3n) is 3.56. The first-order chi connectivity index (χ1) is 11.5. The van der Waals surface area contributed by atoms with E-state index >= 15 is 0 Å². The van der Waals surface area contributed by atoms with Gasteiger partial charge in [0, 0.05) is 25.8 Å². The van der Waals surface area contributed by atoms with Crippen LogP contribution in [-0.4, -0.2) is 49.6 Å². The number of ether oxygens (including phenoxy) is 2.